The number of nitrogen functional groups attached to an aromatic ring is 1. The van der Waals surface area contributed by atoms with Crippen molar-refractivity contribution in [2.24, 2.45) is 0 Å². The van der Waals surface area contributed by atoms with E-state index in [9.17, 15) is 8.78 Å². The molecule has 2 N–H and O–H groups in total. The molecule has 0 bridgehead atoms. The molecule has 4 nitrogen and oxygen atoms in total. The maximum absolute atomic E-state index is 12.7. The Morgan fingerprint density at radius 1 is 1.08 bits per heavy atom. The number of alkyl halides is 2. The number of nitrogens with zero attached hydrogens (tertiary/aromatic N) is 2. The molecule has 4 rings (SSSR count). The number of benzene rings is 1. The van der Waals surface area contributed by atoms with E-state index >= 15 is 0 Å². The molecule has 7 heteroatoms. The Balaban J connectivity index is 1.71. The minimum atomic E-state index is -2.67. The molecule has 3 aromatic heterocycles. The molecule has 0 spiro atoms. The largest absolute Gasteiger partial charge is 0.452 e. The maximum atomic E-state index is 12.7. The number of rotatable bonds is 4. The summed E-state index contributed by atoms with van der Waals surface area (Å²) in [7, 11) is 0. The Labute approximate surface area is 146 Å². The zero-order valence-electron chi connectivity index (χ0n) is 12.9. The third-order valence-corrected chi connectivity index (χ3v) is 4.79. The first-order valence-corrected chi connectivity index (χ1v) is 8.40. The van der Waals surface area contributed by atoms with Crippen molar-refractivity contribution in [3.63, 3.8) is 0 Å². The first-order chi connectivity index (χ1) is 12.1. The lowest BCUT2D eigenvalue weighted by Crippen LogP contribution is -1.95. The molecule has 0 aliphatic rings. The van der Waals surface area contributed by atoms with E-state index in [2.05, 4.69) is 22.1 Å². The van der Waals surface area contributed by atoms with E-state index in [1.807, 2.05) is 24.3 Å². The van der Waals surface area contributed by atoms with Gasteiger partial charge in [0.1, 0.15) is 10.6 Å². The Morgan fingerprint density at radius 2 is 1.88 bits per heavy atom. The molecule has 0 radical (unpaired) electrons. The van der Waals surface area contributed by atoms with Crippen molar-refractivity contribution in [2.45, 2.75) is 12.8 Å². The van der Waals surface area contributed by atoms with E-state index < -0.39 is 12.2 Å². The topological polar surface area (TPSA) is 64.9 Å². The fourth-order valence-electron chi connectivity index (χ4n) is 2.58. The molecule has 0 atom stereocenters. The van der Waals surface area contributed by atoms with Crippen molar-refractivity contribution in [3.8, 4) is 11.6 Å². The lowest BCUT2D eigenvalue weighted by atomic mass is 10.1. The maximum Gasteiger partial charge on any atom is 0.295 e. The van der Waals surface area contributed by atoms with E-state index in [1.54, 1.807) is 0 Å². The van der Waals surface area contributed by atoms with Crippen LogP contribution in [-0.2, 0) is 6.42 Å². The highest BCUT2D eigenvalue weighted by molar-refractivity contribution is 7.18. The van der Waals surface area contributed by atoms with Gasteiger partial charge in [-0.3, -0.25) is 0 Å². The van der Waals surface area contributed by atoms with E-state index in [1.165, 1.54) is 29.0 Å². The molecule has 0 amide bonds. The van der Waals surface area contributed by atoms with Crippen LogP contribution in [0.2, 0.25) is 0 Å². The first-order valence-electron chi connectivity index (χ1n) is 7.58. The number of thiophene rings is 1. The zero-order valence-corrected chi connectivity index (χ0v) is 13.8. The summed E-state index contributed by atoms with van der Waals surface area (Å²) >= 11 is 1.51. The average molecular weight is 357 g/mol. The van der Waals surface area contributed by atoms with E-state index in [0.29, 0.717) is 10.6 Å². The second-order valence-corrected chi connectivity index (χ2v) is 6.64. The summed E-state index contributed by atoms with van der Waals surface area (Å²) < 4.78 is 30.5. The number of nitrogens with two attached hydrogens (primary N) is 1. The molecule has 25 heavy (non-hydrogen) atoms. The normalized spacial score (nSPS) is 11.5. The summed E-state index contributed by atoms with van der Waals surface area (Å²) in [6.45, 7) is 0. The Hall–Kier alpha value is -2.80. The summed E-state index contributed by atoms with van der Waals surface area (Å²) in [5.41, 5.74) is 7.22. The number of furan rings is 1. The lowest BCUT2D eigenvalue weighted by Gasteiger charge is -1.99. The number of hydrogen-bond acceptors (Lipinski definition) is 5. The highest BCUT2D eigenvalue weighted by Gasteiger charge is 2.17. The van der Waals surface area contributed by atoms with E-state index in [-0.39, 0.29) is 11.6 Å². The number of halogens is 2. The van der Waals surface area contributed by atoms with Gasteiger partial charge in [0, 0.05) is 11.3 Å². The predicted molar refractivity (Wildman–Crippen MR) is 93.7 cm³/mol. The fourth-order valence-corrected chi connectivity index (χ4v) is 3.65. The predicted octanol–water partition coefficient (Wildman–Crippen LogP) is 5.06. The molecule has 0 unspecified atom stereocenters. The van der Waals surface area contributed by atoms with Gasteiger partial charge in [-0.25, -0.2) is 18.7 Å². The minimum absolute atomic E-state index is 0.182. The van der Waals surface area contributed by atoms with E-state index in [4.69, 9.17) is 10.2 Å². The molecule has 126 valence electrons. The van der Waals surface area contributed by atoms with Gasteiger partial charge in [-0.2, -0.15) is 0 Å². The third-order valence-electron chi connectivity index (χ3n) is 3.76. The number of anilines is 1. The highest BCUT2D eigenvalue weighted by Crippen LogP contribution is 2.32. The zero-order chi connectivity index (χ0) is 17.4. The fraction of sp³-hybridized carbons (Fsp3) is 0.111. The molecule has 0 aliphatic carbocycles. The average Bonchev–Trinajstić information content (AvgIpc) is 3.22. The monoisotopic (exact) mass is 357 g/mol. The van der Waals surface area contributed by atoms with Crippen molar-refractivity contribution < 1.29 is 13.2 Å². The van der Waals surface area contributed by atoms with Crippen LogP contribution in [0.3, 0.4) is 0 Å². The summed E-state index contributed by atoms with van der Waals surface area (Å²) in [5, 5.41) is 0.764. The van der Waals surface area contributed by atoms with Crippen LogP contribution in [0.5, 0.6) is 0 Å². The Morgan fingerprint density at radius 3 is 2.60 bits per heavy atom. The van der Waals surface area contributed by atoms with Gasteiger partial charge in [-0.1, -0.05) is 30.3 Å². The Bertz CT molecular complexity index is 1030. The quantitative estimate of drug-likeness (QED) is 0.554. The molecule has 0 saturated carbocycles. The van der Waals surface area contributed by atoms with Crippen LogP contribution in [0.15, 0.2) is 52.9 Å². The number of aromatic nitrogens is 2. The molecule has 3 heterocycles. The lowest BCUT2D eigenvalue weighted by molar-refractivity contribution is 0.122. The van der Waals surface area contributed by atoms with Crippen LogP contribution in [0.1, 0.15) is 22.6 Å². The smallest absolute Gasteiger partial charge is 0.295 e. The van der Waals surface area contributed by atoms with Gasteiger partial charge in [0.2, 0.25) is 0 Å². The van der Waals surface area contributed by atoms with Crippen LogP contribution in [-0.4, -0.2) is 9.97 Å². The van der Waals surface area contributed by atoms with Crippen LogP contribution in [0.25, 0.3) is 21.8 Å². The summed E-state index contributed by atoms with van der Waals surface area (Å²) in [6.07, 6.45) is -1.90. The number of fused-ring (bicyclic) bond motifs is 1. The molecular weight excluding hydrogens is 344 g/mol. The van der Waals surface area contributed by atoms with Crippen LogP contribution < -0.4 is 5.73 Å². The molecule has 0 saturated heterocycles. The third kappa shape index (κ3) is 3.10. The highest BCUT2D eigenvalue weighted by atomic mass is 32.1. The van der Waals surface area contributed by atoms with E-state index in [0.717, 1.165) is 16.7 Å². The molecule has 0 aliphatic heterocycles. The molecule has 1 aromatic carbocycles. The standard InChI is InChI=1S/C18H13F2N3OS/c19-15(20)13-6-7-14(24-13)17-22-16(21)12-9-11(25-18(12)23-17)8-10-4-2-1-3-5-10/h1-7,9,15H,8H2,(H2,21,22,23). The van der Waals surface area contributed by atoms with Crippen molar-refractivity contribution in [1.82, 2.24) is 9.97 Å². The minimum Gasteiger partial charge on any atom is -0.452 e. The van der Waals surface area contributed by atoms with Gasteiger partial charge in [-0.05, 0) is 23.8 Å². The second kappa shape index (κ2) is 6.25. The summed E-state index contributed by atoms with van der Waals surface area (Å²) in [4.78, 5) is 10.4. The van der Waals surface area contributed by atoms with Crippen LogP contribution in [0.4, 0.5) is 14.6 Å². The molecular formula is C18H13F2N3OS. The van der Waals surface area contributed by atoms with Crippen LogP contribution in [0, 0.1) is 0 Å². The van der Waals surface area contributed by atoms with Gasteiger partial charge in [0.15, 0.2) is 17.3 Å². The first kappa shape index (κ1) is 15.7. The van der Waals surface area contributed by atoms with Crippen LogP contribution >= 0.6 is 11.3 Å². The number of hydrogen-bond donors (Lipinski definition) is 1. The van der Waals surface area contributed by atoms with Crippen molar-refractivity contribution in [3.05, 3.63) is 64.7 Å². The van der Waals surface area contributed by atoms with Gasteiger partial charge >= 0.3 is 0 Å². The van der Waals surface area contributed by atoms with Gasteiger partial charge in [0.05, 0.1) is 5.39 Å². The van der Waals surface area contributed by atoms with Crippen molar-refractivity contribution >= 4 is 27.4 Å². The van der Waals surface area contributed by atoms with Gasteiger partial charge in [-0.15, -0.1) is 11.3 Å². The van der Waals surface area contributed by atoms with Gasteiger partial charge in [0.25, 0.3) is 6.43 Å². The molecule has 4 aromatic rings. The second-order valence-electron chi connectivity index (χ2n) is 5.53. The Kier molecular flexibility index (Phi) is 3.93. The SMILES string of the molecule is Nc1nc(-c2ccc(C(F)F)o2)nc2sc(Cc3ccccc3)cc12. The van der Waals surface area contributed by atoms with Crippen molar-refractivity contribution in [1.29, 1.82) is 0 Å². The van der Waals surface area contributed by atoms with Gasteiger partial charge < -0.3 is 10.2 Å². The molecule has 0 fully saturated rings. The van der Waals surface area contributed by atoms with Crippen molar-refractivity contribution in [2.75, 3.05) is 5.73 Å². The summed E-state index contributed by atoms with van der Waals surface area (Å²) in [6, 6.07) is 14.7. The summed E-state index contributed by atoms with van der Waals surface area (Å²) in [5.74, 6) is 0.297.